The highest BCUT2D eigenvalue weighted by Gasteiger charge is 2.21. The second-order valence-corrected chi connectivity index (χ2v) is 4.05. The number of rotatable bonds is 5. The van der Waals surface area contributed by atoms with Gasteiger partial charge in [0.2, 0.25) is 5.91 Å². The summed E-state index contributed by atoms with van der Waals surface area (Å²) >= 11 is 0. The summed E-state index contributed by atoms with van der Waals surface area (Å²) in [5.41, 5.74) is -0.116. The Morgan fingerprint density at radius 1 is 1.47 bits per heavy atom. The number of carbonyl (C=O) groups is 3. The summed E-state index contributed by atoms with van der Waals surface area (Å²) in [6.45, 7) is 3.90. The van der Waals surface area contributed by atoms with Crippen LogP contribution in [0.4, 0.5) is 0 Å². The van der Waals surface area contributed by atoms with Gasteiger partial charge >= 0.3 is 5.97 Å². The Kier molecular flexibility index (Phi) is 4.68. The Morgan fingerprint density at radius 2 is 2.11 bits per heavy atom. The Balaban J connectivity index is 2.68. The van der Waals surface area contributed by atoms with Crippen LogP contribution in [0.5, 0.6) is 0 Å². The van der Waals surface area contributed by atoms with Crippen molar-refractivity contribution in [3.63, 3.8) is 0 Å². The molecule has 7 heteroatoms. The molecule has 7 nitrogen and oxygen atoms in total. The van der Waals surface area contributed by atoms with Gasteiger partial charge in [-0.15, -0.1) is 0 Å². The molecule has 0 aliphatic carbocycles. The van der Waals surface area contributed by atoms with Gasteiger partial charge in [-0.05, 0) is 13.8 Å². The average molecular weight is 268 g/mol. The number of likely N-dealkylation sites (N-methyl/N-ethyl adjacent to an activating group) is 1. The normalized spacial score (nSPS) is 11.7. The molecule has 0 aliphatic rings. The van der Waals surface area contributed by atoms with Gasteiger partial charge < -0.3 is 19.7 Å². The van der Waals surface area contributed by atoms with Crippen molar-refractivity contribution < 1.29 is 23.9 Å². The lowest BCUT2D eigenvalue weighted by Crippen LogP contribution is -2.45. The van der Waals surface area contributed by atoms with E-state index in [0.717, 1.165) is 12.3 Å². The van der Waals surface area contributed by atoms with E-state index in [2.05, 4.69) is 5.32 Å². The number of nitrogens with zero attached hydrogens (tertiary/aromatic N) is 1. The first kappa shape index (κ1) is 14.7. The van der Waals surface area contributed by atoms with Gasteiger partial charge in [-0.2, -0.15) is 0 Å². The van der Waals surface area contributed by atoms with Crippen molar-refractivity contribution >= 4 is 17.8 Å². The molecular formula is C12H16N2O5. The summed E-state index contributed by atoms with van der Waals surface area (Å²) in [5, 5.41) is 11.1. The highest BCUT2D eigenvalue weighted by atomic mass is 16.4. The number of furan rings is 1. The molecule has 1 unspecified atom stereocenters. The molecule has 1 atom stereocenters. The lowest BCUT2D eigenvalue weighted by Gasteiger charge is -2.20. The van der Waals surface area contributed by atoms with Crippen LogP contribution in [0.3, 0.4) is 0 Å². The molecule has 19 heavy (non-hydrogen) atoms. The van der Waals surface area contributed by atoms with Crippen LogP contribution in [0.25, 0.3) is 0 Å². The van der Waals surface area contributed by atoms with Crippen LogP contribution in [0, 0.1) is 0 Å². The van der Waals surface area contributed by atoms with E-state index in [1.807, 2.05) is 6.92 Å². The number of carboxylic acid groups (broad SMARTS) is 1. The largest absolute Gasteiger partial charge is 0.478 e. The highest BCUT2D eigenvalue weighted by molar-refractivity contribution is 5.97. The number of aromatic carboxylic acids is 1. The van der Waals surface area contributed by atoms with Gasteiger partial charge in [-0.25, -0.2) is 4.79 Å². The molecule has 2 N–H and O–H groups in total. The number of nitrogens with one attached hydrogen (secondary N) is 1. The smallest absolute Gasteiger partial charge is 0.338 e. The van der Waals surface area contributed by atoms with Gasteiger partial charge in [-0.3, -0.25) is 9.59 Å². The van der Waals surface area contributed by atoms with Gasteiger partial charge in [0.25, 0.3) is 5.91 Å². The van der Waals surface area contributed by atoms with E-state index in [-0.39, 0.29) is 17.2 Å². The van der Waals surface area contributed by atoms with Gasteiger partial charge in [0.1, 0.15) is 12.3 Å². The molecule has 0 saturated carbocycles. The summed E-state index contributed by atoms with van der Waals surface area (Å²) < 4.78 is 4.84. The van der Waals surface area contributed by atoms with Crippen molar-refractivity contribution in [1.29, 1.82) is 0 Å². The first-order valence-electron chi connectivity index (χ1n) is 5.74. The van der Waals surface area contributed by atoms with Crippen molar-refractivity contribution in [3.05, 3.63) is 23.7 Å². The molecule has 0 radical (unpaired) electrons. The van der Waals surface area contributed by atoms with E-state index in [1.165, 1.54) is 4.90 Å². The summed E-state index contributed by atoms with van der Waals surface area (Å²) in [4.78, 5) is 35.6. The second kappa shape index (κ2) is 6.03. The zero-order valence-electron chi connectivity index (χ0n) is 11.0. The molecular weight excluding hydrogens is 252 g/mol. The van der Waals surface area contributed by atoms with Crippen molar-refractivity contribution in [2.75, 3.05) is 13.6 Å². The van der Waals surface area contributed by atoms with Crippen molar-refractivity contribution in [2.45, 2.75) is 19.9 Å². The summed E-state index contributed by atoms with van der Waals surface area (Å²) in [7, 11) is 1.63. The average Bonchev–Trinajstić information content (AvgIpc) is 2.86. The summed E-state index contributed by atoms with van der Waals surface area (Å²) in [6.07, 6.45) is 0.974. The topological polar surface area (TPSA) is 99.9 Å². The molecule has 1 rings (SSSR count). The SMILES string of the molecule is CCN(C)C(=O)C(C)NC(=O)c1cc(C(=O)O)co1. The zero-order chi connectivity index (χ0) is 14.6. The summed E-state index contributed by atoms with van der Waals surface area (Å²) in [6, 6.07) is 0.397. The van der Waals surface area contributed by atoms with E-state index in [1.54, 1.807) is 14.0 Å². The van der Waals surface area contributed by atoms with E-state index in [0.29, 0.717) is 6.54 Å². The van der Waals surface area contributed by atoms with Crippen LogP contribution in [-0.4, -0.2) is 47.4 Å². The molecule has 1 aromatic rings. The molecule has 2 amide bonds. The predicted molar refractivity (Wildman–Crippen MR) is 65.9 cm³/mol. The Hall–Kier alpha value is -2.31. The van der Waals surface area contributed by atoms with Crippen LogP contribution in [0.1, 0.15) is 34.8 Å². The first-order chi connectivity index (χ1) is 8.86. The maximum absolute atomic E-state index is 11.7. The Bertz CT molecular complexity index is 494. The third-order valence-electron chi connectivity index (χ3n) is 2.64. The fourth-order valence-electron chi connectivity index (χ4n) is 1.38. The molecule has 0 spiro atoms. The predicted octanol–water partition coefficient (Wildman–Crippen LogP) is 0.574. The fourth-order valence-corrected chi connectivity index (χ4v) is 1.38. The van der Waals surface area contributed by atoms with Gasteiger partial charge in [0.05, 0.1) is 5.56 Å². The zero-order valence-corrected chi connectivity index (χ0v) is 11.0. The number of carboxylic acids is 1. The molecule has 0 fully saturated rings. The second-order valence-electron chi connectivity index (χ2n) is 4.05. The first-order valence-corrected chi connectivity index (χ1v) is 5.74. The van der Waals surface area contributed by atoms with E-state index in [9.17, 15) is 14.4 Å². The Morgan fingerprint density at radius 3 is 2.58 bits per heavy atom. The van der Waals surface area contributed by atoms with Gasteiger partial charge in [0, 0.05) is 19.7 Å². The van der Waals surface area contributed by atoms with E-state index < -0.39 is 17.9 Å². The maximum atomic E-state index is 11.7. The van der Waals surface area contributed by atoms with Crippen LogP contribution < -0.4 is 5.32 Å². The number of carbonyl (C=O) groups excluding carboxylic acids is 2. The third kappa shape index (κ3) is 3.57. The van der Waals surface area contributed by atoms with Crippen molar-refractivity contribution in [1.82, 2.24) is 10.2 Å². The molecule has 0 bridgehead atoms. The highest BCUT2D eigenvalue weighted by Crippen LogP contribution is 2.08. The monoisotopic (exact) mass is 268 g/mol. The number of hydrogen-bond acceptors (Lipinski definition) is 4. The molecule has 0 aromatic carbocycles. The molecule has 0 saturated heterocycles. The van der Waals surface area contributed by atoms with Gasteiger partial charge in [-0.1, -0.05) is 0 Å². The lowest BCUT2D eigenvalue weighted by atomic mass is 10.2. The minimum atomic E-state index is -1.18. The number of amides is 2. The quantitative estimate of drug-likeness (QED) is 0.813. The minimum absolute atomic E-state index is 0.116. The summed E-state index contributed by atoms with van der Waals surface area (Å²) in [5.74, 6) is -2.19. The molecule has 1 heterocycles. The van der Waals surface area contributed by atoms with Crippen LogP contribution in [-0.2, 0) is 4.79 Å². The van der Waals surface area contributed by atoms with Crippen molar-refractivity contribution in [3.8, 4) is 0 Å². The van der Waals surface area contributed by atoms with Crippen LogP contribution >= 0.6 is 0 Å². The number of hydrogen-bond donors (Lipinski definition) is 2. The van der Waals surface area contributed by atoms with Crippen LogP contribution in [0.2, 0.25) is 0 Å². The standard InChI is InChI=1S/C12H16N2O5/c1-4-14(3)11(16)7(2)13-10(15)9-5-8(6-19-9)12(17)18/h5-7H,4H2,1-3H3,(H,13,15)(H,17,18). The Labute approximate surface area is 110 Å². The molecule has 0 aliphatic heterocycles. The fraction of sp³-hybridized carbons (Fsp3) is 0.417. The van der Waals surface area contributed by atoms with Gasteiger partial charge in [0.15, 0.2) is 5.76 Å². The third-order valence-corrected chi connectivity index (χ3v) is 2.64. The van der Waals surface area contributed by atoms with Crippen molar-refractivity contribution in [2.24, 2.45) is 0 Å². The minimum Gasteiger partial charge on any atom is -0.478 e. The van der Waals surface area contributed by atoms with E-state index >= 15 is 0 Å². The lowest BCUT2D eigenvalue weighted by molar-refractivity contribution is -0.131. The van der Waals surface area contributed by atoms with Crippen LogP contribution in [0.15, 0.2) is 16.7 Å². The molecule has 1 aromatic heterocycles. The molecule has 104 valence electrons. The van der Waals surface area contributed by atoms with E-state index in [4.69, 9.17) is 9.52 Å². The maximum Gasteiger partial charge on any atom is 0.338 e.